The summed E-state index contributed by atoms with van der Waals surface area (Å²) in [7, 11) is 0. The molecule has 2 unspecified atom stereocenters. The van der Waals surface area contributed by atoms with Crippen LogP contribution in [0.5, 0.6) is 0 Å². The van der Waals surface area contributed by atoms with Crippen molar-refractivity contribution in [2.45, 2.75) is 32.0 Å². The van der Waals surface area contributed by atoms with Crippen molar-refractivity contribution in [3.8, 4) is 0 Å². The minimum Gasteiger partial charge on any atom is -0.334 e. The average molecular weight is 318 g/mol. The van der Waals surface area contributed by atoms with E-state index >= 15 is 0 Å². The van der Waals surface area contributed by atoms with Gasteiger partial charge in [-0.15, -0.1) is 0 Å². The van der Waals surface area contributed by atoms with E-state index in [2.05, 4.69) is 0 Å². The van der Waals surface area contributed by atoms with Crippen LogP contribution in [0.4, 0.5) is 17.6 Å². The fraction of sp³-hybridized carbons (Fsp3) is 0.533. The molecule has 0 aromatic heterocycles. The number of carbonyl (C=O) groups excluding carboxylic acids is 1. The van der Waals surface area contributed by atoms with E-state index in [9.17, 15) is 22.4 Å². The Morgan fingerprint density at radius 1 is 1.41 bits per heavy atom. The molecule has 1 aromatic carbocycles. The maximum absolute atomic E-state index is 13.8. The van der Waals surface area contributed by atoms with Gasteiger partial charge >= 0.3 is 6.18 Å². The normalized spacial score (nSPS) is 22.7. The summed E-state index contributed by atoms with van der Waals surface area (Å²) in [5.41, 5.74) is 4.08. The third kappa shape index (κ3) is 3.24. The Kier molecular flexibility index (Phi) is 4.75. The zero-order valence-corrected chi connectivity index (χ0v) is 12.2. The van der Waals surface area contributed by atoms with Gasteiger partial charge in [-0.3, -0.25) is 4.79 Å². The van der Waals surface area contributed by atoms with Crippen LogP contribution in [0.2, 0.25) is 0 Å². The van der Waals surface area contributed by atoms with Crippen LogP contribution < -0.4 is 5.73 Å². The molecule has 0 aliphatic carbocycles. The van der Waals surface area contributed by atoms with Crippen molar-refractivity contribution in [2.75, 3.05) is 13.1 Å². The number of likely N-dealkylation sites (tertiary alicyclic amines) is 1. The molecule has 1 saturated heterocycles. The molecule has 1 aliphatic rings. The molecule has 22 heavy (non-hydrogen) atoms. The number of piperidine rings is 1. The quantitative estimate of drug-likeness (QED) is 0.852. The standard InChI is InChI=1S/C15H18F4N2O/c1-9-3-2-6-21(13(9)8-20)14(22)11-7-10(15(17,18)19)4-5-12(11)16/h4-5,7,9,13H,2-3,6,8,20H2,1H3. The number of hydrogen-bond acceptors (Lipinski definition) is 2. The van der Waals surface area contributed by atoms with E-state index in [4.69, 9.17) is 5.73 Å². The predicted octanol–water partition coefficient (Wildman–Crippen LogP) is 3.04. The maximum atomic E-state index is 13.8. The average Bonchev–Trinajstić information content (AvgIpc) is 2.45. The molecule has 0 spiro atoms. The van der Waals surface area contributed by atoms with Gasteiger partial charge in [-0.2, -0.15) is 13.2 Å². The Hall–Kier alpha value is -1.63. The van der Waals surface area contributed by atoms with Crippen LogP contribution in [-0.4, -0.2) is 29.9 Å². The van der Waals surface area contributed by atoms with Crippen molar-refractivity contribution >= 4 is 5.91 Å². The van der Waals surface area contributed by atoms with Gasteiger partial charge in [-0.25, -0.2) is 4.39 Å². The number of benzene rings is 1. The molecule has 1 heterocycles. The minimum atomic E-state index is -4.62. The van der Waals surface area contributed by atoms with Crippen LogP contribution in [0.25, 0.3) is 0 Å². The number of rotatable bonds is 2. The van der Waals surface area contributed by atoms with Crippen molar-refractivity contribution in [1.29, 1.82) is 0 Å². The second-order valence-corrected chi connectivity index (χ2v) is 5.61. The maximum Gasteiger partial charge on any atom is 0.416 e. The van der Waals surface area contributed by atoms with Crippen molar-refractivity contribution in [3.63, 3.8) is 0 Å². The highest BCUT2D eigenvalue weighted by Crippen LogP contribution is 2.31. The zero-order valence-electron chi connectivity index (χ0n) is 12.2. The Bertz CT molecular complexity index is 559. The summed E-state index contributed by atoms with van der Waals surface area (Å²) >= 11 is 0. The number of nitrogens with zero attached hydrogens (tertiary/aromatic N) is 1. The lowest BCUT2D eigenvalue weighted by atomic mass is 9.90. The molecule has 2 atom stereocenters. The summed E-state index contributed by atoms with van der Waals surface area (Å²) in [6.45, 7) is 2.51. The molecule has 1 aliphatic heterocycles. The highest BCUT2D eigenvalue weighted by molar-refractivity contribution is 5.95. The predicted molar refractivity (Wildman–Crippen MR) is 73.7 cm³/mol. The van der Waals surface area contributed by atoms with Gasteiger partial charge < -0.3 is 10.6 Å². The number of nitrogens with two attached hydrogens (primary N) is 1. The van der Waals surface area contributed by atoms with E-state index in [1.807, 2.05) is 6.92 Å². The van der Waals surface area contributed by atoms with E-state index in [0.717, 1.165) is 12.8 Å². The van der Waals surface area contributed by atoms with Crippen molar-refractivity contribution in [3.05, 3.63) is 35.1 Å². The topological polar surface area (TPSA) is 46.3 Å². The molecular weight excluding hydrogens is 300 g/mol. The Morgan fingerprint density at radius 3 is 2.68 bits per heavy atom. The highest BCUT2D eigenvalue weighted by atomic mass is 19.4. The molecule has 0 bridgehead atoms. The SMILES string of the molecule is CC1CCCN(C(=O)c2cc(C(F)(F)F)ccc2F)C1CN. The summed E-state index contributed by atoms with van der Waals surface area (Å²) in [6.07, 6.45) is -3.01. The largest absolute Gasteiger partial charge is 0.416 e. The first-order chi connectivity index (χ1) is 10.3. The van der Waals surface area contributed by atoms with Gasteiger partial charge in [0, 0.05) is 19.1 Å². The number of amides is 1. The van der Waals surface area contributed by atoms with Crippen molar-refractivity contribution in [1.82, 2.24) is 4.90 Å². The number of alkyl halides is 3. The fourth-order valence-electron chi connectivity index (χ4n) is 2.88. The Balaban J connectivity index is 2.36. The molecule has 122 valence electrons. The number of hydrogen-bond donors (Lipinski definition) is 1. The minimum absolute atomic E-state index is 0.136. The van der Waals surface area contributed by atoms with Gasteiger partial charge in [0.1, 0.15) is 5.82 Å². The van der Waals surface area contributed by atoms with Crippen LogP contribution in [0, 0.1) is 11.7 Å². The zero-order chi connectivity index (χ0) is 16.5. The molecule has 1 fully saturated rings. The van der Waals surface area contributed by atoms with Crippen LogP contribution in [-0.2, 0) is 6.18 Å². The van der Waals surface area contributed by atoms with Gasteiger partial charge in [-0.05, 0) is 37.0 Å². The smallest absolute Gasteiger partial charge is 0.334 e. The van der Waals surface area contributed by atoms with Gasteiger partial charge in [0.15, 0.2) is 0 Å². The summed E-state index contributed by atoms with van der Waals surface area (Å²) < 4.78 is 52.1. The third-order valence-corrected chi connectivity index (χ3v) is 4.14. The molecular formula is C15H18F4N2O. The lowest BCUT2D eigenvalue weighted by Crippen LogP contribution is -2.51. The van der Waals surface area contributed by atoms with E-state index in [-0.39, 0.29) is 18.5 Å². The first-order valence-corrected chi connectivity index (χ1v) is 7.13. The van der Waals surface area contributed by atoms with E-state index < -0.39 is 29.0 Å². The van der Waals surface area contributed by atoms with Crippen LogP contribution in [0.3, 0.4) is 0 Å². The fourth-order valence-corrected chi connectivity index (χ4v) is 2.88. The molecule has 1 aromatic rings. The summed E-state index contributed by atoms with van der Waals surface area (Å²) in [5, 5.41) is 0. The highest BCUT2D eigenvalue weighted by Gasteiger charge is 2.35. The monoisotopic (exact) mass is 318 g/mol. The first-order valence-electron chi connectivity index (χ1n) is 7.13. The van der Waals surface area contributed by atoms with Crippen molar-refractivity contribution < 1.29 is 22.4 Å². The van der Waals surface area contributed by atoms with Gasteiger partial charge in [0.2, 0.25) is 0 Å². The molecule has 2 N–H and O–H groups in total. The molecule has 0 saturated carbocycles. The van der Waals surface area contributed by atoms with E-state index in [0.29, 0.717) is 24.7 Å². The van der Waals surface area contributed by atoms with E-state index in [1.165, 1.54) is 4.90 Å². The first kappa shape index (κ1) is 16.7. The molecule has 2 rings (SSSR count). The summed E-state index contributed by atoms with van der Waals surface area (Å²) in [4.78, 5) is 13.9. The Morgan fingerprint density at radius 2 is 2.09 bits per heavy atom. The third-order valence-electron chi connectivity index (χ3n) is 4.14. The lowest BCUT2D eigenvalue weighted by Gasteiger charge is -2.39. The summed E-state index contributed by atoms with van der Waals surface area (Å²) in [6, 6.07) is 1.60. The molecule has 0 radical (unpaired) electrons. The van der Waals surface area contributed by atoms with Gasteiger partial charge in [0.05, 0.1) is 11.1 Å². The van der Waals surface area contributed by atoms with Crippen LogP contribution in [0.1, 0.15) is 35.7 Å². The second kappa shape index (κ2) is 6.24. The van der Waals surface area contributed by atoms with Crippen LogP contribution in [0.15, 0.2) is 18.2 Å². The number of halogens is 4. The summed E-state index contributed by atoms with van der Waals surface area (Å²) in [5.74, 6) is -1.55. The lowest BCUT2D eigenvalue weighted by molar-refractivity contribution is -0.137. The Labute approximate surface area is 126 Å². The van der Waals surface area contributed by atoms with Gasteiger partial charge in [-0.1, -0.05) is 6.92 Å². The number of carbonyl (C=O) groups is 1. The molecule has 7 heteroatoms. The molecule has 3 nitrogen and oxygen atoms in total. The van der Waals surface area contributed by atoms with Gasteiger partial charge in [0.25, 0.3) is 5.91 Å². The van der Waals surface area contributed by atoms with E-state index in [1.54, 1.807) is 0 Å². The second-order valence-electron chi connectivity index (χ2n) is 5.61. The van der Waals surface area contributed by atoms with Crippen molar-refractivity contribution in [2.24, 2.45) is 11.7 Å². The molecule has 1 amide bonds. The van der Waals surface area contributed by atoms with Crippen LogP contribution >= 0.6 is 0 Å².